The molecule has 0 fully saturated rings. The molecule has 0 aliphatic carbocycles. The second-order valence-corrected chi connectivity index (χ2v) is 4.63. The minimum absolute atomic E-state index is 0.0334. The lowest BCUT2D eigenvalue weighted by atomic mass is 10.2. The molecule has 0 bridgehead atoms. The number of aromatic nitrogens is 2. The van der Waals surface area contributed by atoms with Crippen LogP contribution in [0.1, 0.15) is 38.6 Å². The fraction of sp³-hybridized carbons (Fsp3) is 0.429. The van der Waals surface area contributed by atoms with Crippen molar-refractivity contribution in [1.82, 2.24) is 15.5 Å². The van der Waals surface area contributed by atoms with Crippen molar-refractivity contribution >= 4 is 5.69 Å². The molecule has 2 rings (SSSR count). The van der Waals surface area contributed by atoms with E-state index in [9.17, 15) is 10.1 Å². The number of nitro benzene ring substituents is 1. The molecule has 0 saturated carbocycles. The number of hydrogen-bond donors (Lipinski definition) is 1. The van der Waals surface area contributed by atoms with Crippen molar-refractivity contribution in [2.24, 2.45) is 0 Å². The lowest BCUT2D eigenvalue weighted by Crippen LogP contribution is -2.21. The van der Waals surface area contributed by atoms with Gasteiger partial charge in [0.15, 0.2) is 0 Å². The molecule has 7 heteroatoms. The predicted molar refractivity (Wildman–Crippen MR) is 77.7 cm³/mol. The first-order valence-corrected chi connectivity index (χ1v) is 6.97. The van der Waals surface area contributed by atoms with Crippen molar-refractivity contribution < 1.29 is 9.34 Å². The molecule has 0 aliphatic heterocycles. The van der Waals surface area contributed by atoms with E-state index in [2.05, 4.69) is 22.4 Å². The van der Waals surface area contributed by atoms with Crippen molar-refractivity contribution in [3.63, 3.8) is 0 Å². The van der Waals surface area contributed by atoms with E-state index in [4.69, 9.17) is 4.42 Å². The van der Waals surface area contributed by atoms with Crippen LogP contribution in [0.25, 0.3) is 11.5 Å². The maximum absolute atomic E-state index is 11.0. The van der Waals surface area contributed by atoms with Gasteiger partial charge in [0.1, 0.15) is 5.56 Å². The molecular weight excluding hydrogens is 272 g/mol. The number of hydrogen-bond acceptors (Lipinski definition) is 6. The largest absolute Gasteiger partial charge is 0.419 e. The molecule has 112 valence electrons. The molecule has 1 unspecified atom stereocenters. The minimum Gasteiger partial charge on any atom is -0.419 e. The van der Waals surface area contributed by atoms with Crippen LogP contribution in [-0.4, -0.2) is 21.7 Å². The highest BCUT2D eigenvalue weighted by Gasteiger charge is 2.22. The summed E-state index contributed by atoms with van der Waals surface area (Å²) in [6.45, 7) is 4.94. The van der Waals surface area contributed by atoms with Gasteiger partial charge in [0.25, 0.3) is 11.6 Å². The van der Waals surface area contributed by atoms with Crippen molar-refractivity contribution in [3.8, 4) is 11.5 Å². The Balaban J connectivity index is 2.29. The fourth-order valence-corrected chi connectivity index (χ4v) is 2.02. The van der Waals surface area contributed by atoms with Crippen LogP contribution in [0.3, 0.4) is 0 Å². The van der Waals surface area contributed by atoms with Crippen molar-refractivity contribution in [1.29, 1.82) is 0 Å². The average Bonchev–Trinajstić information content (AvgIpc) is 2.97. The molecule has 0 spiro atoms. The second-order valence-electron chi connectivity index (χ2n) is 4.63. The van der Waals surface area contributed by atoms with Gasteiger partial charge in [-0.05, 0) is 25.5 Å². The average molecular weight is 290 g/mol. The molecule has 1 aromatic heterocycles. The van der Waals surface area contributed by atoms with Gasteiger partial charge in [0, 0.05) is 6.07 Å². The third-order valence-corrected chi connectivity index (χ3v) is 3.12. The predicted octanol–water partition coefficient (Wildman–Crippen LogP) is 3.10. The van der Waals surface area contributed by atoms with Gasteiger partial charge < -0.3 is 9.73 Å². The van der Waals surface area contributed by atoms with Crippen molar-refractivity contribution in [2.75, 3.05) is 6.54 Å². The Hall–Kier alpha value is -2.28. The monoisotopic (exact) mass is 290 g/mol. The summed E-state index contributed by atoms with van der Waals surface area (Å²) in [6.07, 6.45) is 1.81. The van der Waals surface area contributed by atoms with Gasteiger partial charge in [-0.2, -0.15) is 0 Å². The summed E-state index contributed by atoms with van der Waals surface area (Å²) in [7, 11) is 0. The lowest BCUT2D eigenvalue weighted by molar-refractivity contribution is -0.384. The maximum Gasteiger partial charge on any atom is 0.282 e. The Kier molecular flexibility index (Phi) is 4.99. The molecule has 0 amide bonds. The second kappa shape index (κ2) is 6.94. The first-order valence-electron chi connectivity index (χ1n) is 6.97. The number of benzene rings is 1. The summed E-state index contributed by atoms with van der Waals surface area (Å²) in [5.74, 6) is 0.633. The normalized spacial score (nSPS) is 12.3. The highest BCUT2D eigenvalue weighted by molar-refractivity contribution is 5.66. The summed E-state index contributed by atoms with van der Waals surface area (Å²) < 4.78 is 5.62. The molecule has 0 saturated heterocycles. The van der Waals surface area contributed by atoms with Crippen LogP contribution in [0, 0.1) is 10.1 Å². The van der Waals surface area contributed by atoms with E-state index in [-0.39, 0.29) is 17.6 Å². The first kappa shape index (κ1) is 15.1. The van der Waals surface area contributed by atoms with E-state index in [1.807, 2.05) is 6.92 Å². The number of nitro groups is 1. The summed E-state index contributed by atoms with van der Waals surface area (Å²) in [6, 6.07) is 6.31. The van der Waals surface area contributed by atoms with Gasteiger partial charge in [-0.1, -0.05) is 26.0 Å². The molecule has 1 heterocycles. The Morgan fingerprint density at radius 3 is 2.76 bits per heavy atom. The van der Waals surface area contributed by atoms with E-state index in [0.29, 0.717) is 11.5 Å². The van der Waals surface area contributed by atoms with Crippen LogP contribution >= 0.6 is 0 Å². The van der Waals surface area contributed by atoms with Crippen LogP contribution in [-0.2, 0) is 0 Å². The third kappa shape index (κ3) is 3.43. The Labute approximate surface area is 122 Å². The van der Waals surface area contributed by atoms with Crippen LogP contribution in [0.4, 0.5) is 5.69 Å². The van der Waals surface area contributed by atoms with E-state index in [1.54, 1.807) is 18.2 Å². The molecule has 21 heavy (non-hydrogen) atoms. The van der Waals surface area contributed by atoms with Gasteiger partial charge in [-0.25, -0.2) is 0 Å². The van der Waals surface area contributed by atoms with Crippen LogP contribution in [0.2, 0.25) is 0 Å². The number of para-hydroxylation sites is 1. The van der Waals surface area contributed by atoms with Gasteiger partial charge in [-0.3, -0.25) is 10.1 Å². The molecule has 0 radical (unpaired) electrons. The number of rotatable bonds is 7. The first-order chi connectivity index (χ1) is 10.2. The van der Waals surface area contributed by atoms with Gasteiger partial charge in [0.2, 0.25) is 5.89 Å². The number of nitrogens with one attached hydrogen (secondary N) is 1. The number of nitrogens with zero attached hydrogens (tertiary/aromatic N) is 3. The lowest BCUT2D eigenvalue weighted by Gasteiger charge is -2.11. The standard InChI is InChI=1S/C14H18N4O3/c1-3-9-15-11(4-2)14-17-16-13(21-14)10-7-5-6-8-12(10)18(19)20/h5-8,11,15H,3-4,9H2,1-2H3. The zero-order valence-corrected chi connectivity index (χ0v) is 12.1. The summed E-state index contributed by atoms with van der Waals surface area (Å²) in [4.78, 5) is 10.6. The third-order valence-electron chi connectivity index (χ3n) is 3.12. The Morgan fingerprint density at radius 1 is 1.33 bits per heavy atom. The molecule has 1 N–H and O–H groups in total. The smallest absolute Gasteiger partial charge is 0.282 e. The SMILES string of the molecule is CCCNC(CC)c1nnc(-c2ccccc2[N+](=O)[O-])o1. The summed E-state index contributed by atoms with van der Waals surface area (Å²) >= 11 is 0. The van der Waals surface area contributed by atoms with Gasteiger partial charge >= 0.3 is 0 Å². The van der Waals surface area contributed by atoms with Gasteiger partial charge in [-0.15, -0.1) is 10.2 Å². The Morgan fingerprint density at radius 2 is 2.10 bits per heavy atom. The topological polar surface area (TPSA) is 94.1 Å². The molecule has 1 aromatic carbocycles. The molecule has 7 nitrogen and oxygen atoms in total. The molecule has 2 aromatic rings. The summed E-state index contributed by atoms with van der Waals surface area (Å²) in [5, 5.41) is 22.3. The van der Waals surface area contributed by atoms with Crippen LogP contribution < -0.4 is 5.32 Å². The summed E-state index contributed by atoms with van der Waals surface area (Å²) in [5.41, 5.74) is 0.300. The quantitative estimate of drug-likeness (QED) is 0.622. The zero-order chi connectivity index (χ0) is 15.2. The fourth-order valence-electron chi connectivity index (χ4n) is 2.02. The van der Waals surface area contributed by atoms with Crippen molar-refractivity contribution in [2.45, 2.75) is 32.7 Å². The Bertz CT molecular complexity index is 612. The molecule has 0 aliphatic rings. The van der Waals surface area contributed by atoms with Crippen molar-refractivity contribution in [3.05, 3.63) is 40.3 Å². The van der Waals surface area contributed by atoms with Crippen LogP contribution in [0.5, 0.6) is 0 Å². The van der Waals surface area contributed by atoms with E-state index in [1.165, 1.54) is 6.07 Å². The minimum atomic E-state index is -0.453. The van der Waals surface area contributed by atoms with E-state index >= 15 is 0 Å². The molecule has 1 atom stereocenters. The van der Waals surface area contributed by atoms with E-state index in [0.717, 1.165) is 19.4 Å². The highest BCUT2D eigenvalue weighted by atomic mass is 16.6. The van der Waals surface area contributed by atoms with Gasteiger partial charge in [0.05, 0.1) is 11.0 Å². The van der Waals surface area contributed by atoms with E-state index < -0.39 is 4.92 Å². The maximum atomic E-state index is 11.0. The van der Waals surface area contributed by atoms with Crippen LogP contribution in [0.15, 0.2) is 28.7 Å². The molecular formula is C14H18N4O3. The zero-order valence-electron chi connectivity index (χ0n) is 12.1. The highest BCUT2D eigenvalue weighted by Crippen LogP contribution is 2.29.